The molecule has 2 amide bonds. The van der Waals surface area contributed by atoms with Crippen molar-refractivity contribution in [3.63, 3.8) is 0 Å². The molecule has 9 heteroatoms. The molecule has 1 aromatic carbocycles. The summed E-state index contributed by atoms with van der Waals surface area (Å²) in [5, 5.41) is 15.1. The summed E-state index contributed by atoms with van der Waals surface area (Å²) in [4.78, 5) is 14.9. The lowest BCUT2D eigenvalue weighted by Crippen LogP contribution is -2.35. The maximum Gasteiger partial charge on any atom is 0.324 e. The number of rotatable bonds is 6. The lowest BCUT2D eigenvalue weighted by molar-refractivity contribution is 0.174. The molecule has 0 spiro atoms. The van der Waals surface area contributed by atoms with Crippen molar-refractivity contribution in [1.82, 2.24) is 24.5 Å². The normalized spacial score (nSPS) is 15.4. The topological polar surface area (TPSA) is 80.0 Å². The zero-order chi connectivity index (χ0) is 21.8. The van der Waals surface area contributed by atoms with Crippen LogP contribution in [0.1, 0.15) is 44.3 Å². The van der Waals surface area contributed by atoms with E-state index < -0.39 is 0 Å². The van der Waals surface area contributed by atoms with E-state index >= 15 is 0 Å². The first-order chi connectivity index (χ1) is 15.0. The number of aromatic nitrogens is 4. The highest BCUT2D eigenvalue weighted by Gasteiger charge is 2.23. The van der Waals surface area contributed by atoms with Crippen molar-refractivity contribution in [2.45, 2.75) is 45.3 Å². The van der Waals surface area contributed by atoms with Crippen LogP contribution in [0.15, 0.2) is 48.9 Å². The van der Waals surface area contributed by atoms with E-state index in [9.17, 15) is 4.79 Å². The molecule has 0 unspecified atom stereocenters. The van der Waals surface area contributed by atoms with E-state index in [1.807, 2.05) is 33.8 Å². The van der Waals surface area contributed by atoms with Crippen molar-refractivity contribution in [3.05, 3.63) is 59.5 Å². The lowest BCUT2D eigenvalue weighted by Gasteiger charge is -2.32. The third-order valence-electron chi connectivity index (χ3n) is 5.53. The number of anilines is 2. The second-order valence-corrected chi connectivity index (χ2v) is 8.56. The molecule has 4 rings (SSSR count). The highest BCUT2D eigenvalue weighted by molar-refractivity contribution is 6.33. The summed E-state index contributed by atoms with van der Waals surface area (Å²) < 4.78 is 3.91. The summed E-state index contributed by atoms with van der Waals surface area (Å²) in [6, 6.07) is 9.26. The van der Waals surface area contributed by atoms with E-state index in [2.05, 4.69) is 45.8 Å². The maximum absolute atomic E-state index is 12.4. The van der Waals surface area contributed by atoms with Gasteiger partial charge in [-0.05, 0) is 38.8 Å². The van der Waals surface area contributed by atoms with E-state index in [4.69, 9.17) is 11.6 Å². The third kappa shape index (κ3) is 5.26. The SMILES string of the molecule is CC(C)n1cc(CN2CCC(n3nccc3NC(=O)Nc3ccccc3Cl)CC2)cn1. The molecule has 0 radical (unpaired) electrons. The van der Waals surface area contributed by atoms with Gasteiger partial charge in [-0.3, -0.25) is 14.9 Å². The first-order valence-corrected chi connectivity index (χ1v) is 11.0. The van der Waals surface area contributed by atoms with Gasteiger partial charge in [0.05, 0.1) is 29.1 Å². The Bertz CT molecular complexity index is 1020. The van der Waals surface area contributed by atoms with E-state index in [-0.39, 0.29) is 12.1 Å². The van der Waals surface area contributed by atoms with Crippen molar-refractivity contribution < 1.29 is 4.79 Å². The summed E-state index contributed by atoms with van der Waals surface area (Å²) >= 11 is 6.12. The minimum atomic E-state index is -0.338. The van der Waals surface area contributed by atoms with Gasteiger partial charge >= 0.3 is 6.03 Å². The van der Waals surface area contributed by atoms with E-state index in [0.29, 0.717) is 22.6 Å². The zero-order valence-electron chi connectivity index (χ0n) is 17.8. The number of hydrogen-bond acceptors (Lipinski definition) is 4. The van der Waals surface area contributed by atoms with Crippen LogP contribution < -0.4 is 10.6 Å². The predicted molar refractivity (Wildman–Crippen MR) is 122 cm³/mol. The molecular weight excluding hydrogens is 414 g/mol. The van der Waals surface area contributed by atoms with E-state index in [1.165, 1.54) is 5.56 Å². The largest absolute Gasteiger partial charge is 0.324 e. The number of likely N-dealkylation sites (tertiary alicyclic amines) is 1. The number of nitrogens with zero attached hydrogens (tertiary/aromatic N) is 5. The first kappa shape index (κ1) is 21.4. The molecule has 31 heavy (non-hydrogen) atoms. The van der Waals surface area contributed by atoms with Gasteiger partial charge in [0.15, 0.2) is 0 Å². The fourth-order valence-corrected chi connectivity index (χ4v) is 4.04. The summed E-state index contributed by atoms with van der Waals surface area (Å²) in [6.45, 7) is 7.12. The summed E-state index contributed by atoms with van der Waals surface area (Å²) in [6.07, 6.45) is 7.75. The van der Waals surface area contributed by atoms with Gasteiger partial charge in [-0.15, -0.1) is 0 Å². The highest BCUT2D eigenvalue weighted by Crippen LogP contribution is 2.27. The summed E-state index contributed by atoms with van der Waals surface area (Å²) in [5.74, 6) is 0.682. The standard InChI is InChI=1S/C22H28ClN7O/c1-16(2)29-15-17(13-25-29)14-28-11-8-18(9-12-28)30-21(7-10-24-30)27-22(31)26-20-6-4-3-5-19(20)23/h3-7,10,13,15-16,18H,8-9,11-12,14H2,1-2H3,(H2,26,27,31). The maximum atomic E-state index is 12.4. The molecule has 0 saturated carbocycles. The Hall–Kier alpha value is -2.84. The third-order valence-corrected chi connectivity index (χ3v) is 5.86. The van der Waals surface area contributed by atoms with Gasteiger partial charge in [0.1, 0.15) is 5.82 Å². The molecular formula is C22H28ClN7O. The Morgan fingerprint density at radius 3 is 2.65 bits per heavy atom. The van der Waals surface area contributed by atoms with Crippen LogP contribution in [0.4, 0.5) is 16.3 Å². The molecule has 0 bridgehead atoms. The first-order valence-electron chi connectivity index (χ1n) is 10.6. The zero-order valence-corrected chi connectivity index (χ0v) is 18.6. The smallest absolute Gasteiger partial charge is 0.306 e. The number of carbonyl (C=O) groups is 1. The number of amides is 2. The second kappa shape index (κ2) is 9.53. The van der Waals surface area contributed by atoms with Crippen LogP contribution in [0.5, 0.6) is 0 Å². The average molecular weight is 442 g/mol. The van der Waals surface area contributed by atoms with Gasteiger partial charge < -0.3 is 5.32 Å². The number of para-hydroxylation sites is 1. The molecule has 1 aliphatic heterocycles. The fraction of sp³-hybridized carbons (Fsp3) is 0.409. The molecule has 1 saturated heterocycles. The molecule has 164 valence electrons. The Morgan fingerprint density at radius 2 is 1.94 bits per heavy atom. The second-order valence-electron chi connectivity index (χ2n) is 8.15. The van der Waals surface area contributed by atoms with Crippen LogP contribution in [-0.4, -0.2) is 43.6 Å². The Balaban J connectivity index is 1.32. The van der Waals surface area contributed by atoms with Crippen LogP contribution in [0.25, 0.3) is 0 Å². The van der Waals surface area contributed by atoms with Gasteiger partial charge in [0.25, 0.3) is 0 Å². The minimum Gasteiger partial charge on any atom is -0.306 e. The van der Waals surface area contributed by atoms with E-state index in [0.717, 1.165) is 32.5 Å². The number of hydrogen-bond donors (Lipinski definition) is 2. The average Bonchev–Trinajstić information content (AvgIpc) is 3.40. The fourth-order valence-electron chi connectivity index (χ4n) is 3.86. The van der Waals surface area contributed by atoms with Crippen molar-refractivity contribution in [2.24, 2.45) is 0 Å². The predicted octanol–water partition coefficient (Wildman–Crippen LogP) is 4.80. The quantitative estimate of drug-likeness (QED) is 0.576. The molecule has 1 fully saturated rings. The number of nitrogens with one attached hydrogen (secondary N) is 2. The number of urea groups is 1. The van der Waals surface area contributed by atoms with E-state index in [1.54, 1.807) is 18.3 Å². The Morgan fingerprint density at radius 1 is 1.16 bits per heavy atom. The van der Waals surface area contributed by atoms with Crippen molar-refractivity contribution in [3.8, 4) is 0 Å². The van der Waals surface area contributed by atoms with Gasteiger partial charge in [-0.25, -0.2) is 9.48 Å². The molecule has 2 N–H and O–H groups in total. The highest BCUT2D eigenvalue weighted by atomic mass is 35.5. The summed E-state index contributed by atoms with van der Waals surface area (Å²) in [7, 11) is 0. The van der Waals surface area contributed by atoms with Crippen LogP contribution in [0, 0.1) is 0 Å². The molecule has 0 atom stereocenters. The molecule has 3 heterocycles. The molecule has 0 aliphatic carbocycles. The van der Waals surface area contributed by atoms with Crippen molar-refractivity contribution in [2.75, 3.05) is 23.7 Å². The van der Waals surface area contributed by atoms with Crippen molar-refractivity contribution >= 4 is 29.1 Å². The molecule has 3 aromatic rings. The van der Waals surface area contributed by atoms with Gasteiger partial charge in [-0.2, -0.15) is 10.2 Å². The van der Waals surface area contributed by atoms with Crippen LogP contribution in [0.2, 0.25) is 5.02 Å². The number of benzene rings is 1. The monoisotopic (exact) mass is 441 g/mol. The van der Waals surface area contributed by atoms with Gasteiger partial charge in [-0.1, -0.05) is 23.7 Å². The molecule has 2 aromatic heterocycles. The van der Waals surface area contributed by atoms with Crippen molar-refractivity contribution in [1.29, 1.82) is 0 Å². The minimum absolute atomic E-state index is 0.250. The summed E-state index contributed by atoms with van der Waals surface area (Å²) in [5.41, 5.74) is 1.81. The van der Waals surface area contributed by atoms with Crippen LogP contribution >= 0.6 is 11.6 Å². The number of piperidine rings is 1. The Kier molecular flexibility index (Phi) is 6.58. The van der Waals surface area contributed by atoms with Gasteiger partial charge in [0, 0.05) is 43.5 Å². The molecule has 8 nitrogen and oxygen atoms in total. The Labute approximate surface area is 187 Å². The number of carbonyl (C=O) groups excluding carboxylic acids is 1. The van der Waals surface area contributed by atoms with Gasteiger partial charge in [0.2, 0.25) is 0 Å². The van der Waals surface area contributed by atoms with Crippen LogP contribution in [-0.2, 0) is 6.54 Å². The molecule has 1 aliphatic rings. The number of halogens is 1. The van der Waals surface area contributed by atoms with Crippen LogP contribution in [0.3, 0.4) is 0 Å². The lowest BCUT2D eigenvalue weighted by atomic mass is 10.0.